The molecule has 1 N–H and O–H groups in total. The summed E-state index contributed by atoms with van der Waals surface area (Å²) in [5.41, 5.74) is 1.71. The summed E-state index contributed by atoms with van der Waals surface area (Å²) in [6.45, 7) is 8.54. The molecule has 1 aromatic carbocycles. The van der Waals surface area contributed by atoms with Crippen molar-refractivity contribution in [2.45, 2.75) is 52.9 Å². The Kier molecular flexibility index (Phi) is 6.14. The summed E-state index contributed by atoms with van der Waals surface area (Å²) in [6, 6.07) is 11.6. The van der Waals surface area contributed by atoms with Gasteiger partial charge in [-0.05, 0) is 51.3 Å². The molecule has 0 fully saturated rings. The minimum Gasteiger partial charge on any atom is -0.344 e. The molecular weight excluding hydrogens is 372 g/mol. The molecule has 0 radical (unpaired) electrons. The van der Waals surface area contributed by atoms with Crippen molar-refractivity contribution in [1.29, 1.82) is 0 Å². The van der Waals surface area contributed by atoms with E-state index in [0.717, 1.165) is 11.0 Å². The van der Waals surface area contributed by atoms with Gasteiger partial charge in [0.2, 0.25) is 5.91 Å². The van der Waals surface area contributed by atoms with Crippen LogP contribution in [0.3, 0.4) is 0 Å². The molecule has 6 nitrogen and oxygen atoms in total. The Morgan fingerprint density at radius 2 is 1.82 bits per heavy atom. The Labute approximate surface area is 169 Å². The summed E-state index contributed by atoms with van der Waals surface area (Å²) < 4.78 is 1.91. The fourth-order valence-corrected chi connectivity index (χ4v) is 4.12. The molecule has 0 spiro atoms. The van der Waals surface area contributed by atoms with Crippen LogP contribution in [0.25, 0.3) is 11.0 Å². The minimum atomic E-state index is -0.133. The number of rotatable bonds is 7. The number of amides is 2. The highest BCUT2D eigenvalue weighted by molar-refractivity contribution is 7.12. The third kappa shape index (κ3) is 4.25. The molecule has 3 rings (SSSR count). The maximum atomic E-state index is 13.0. The van der Waals surface area contributed by atoms with Gasteiger partial charge in [-0.3, -0.25) is 9.59 Å². The molecule has 0 saturated carbocycles. The van der Waals surface area contributed by atoms with Crippen LogP contribution >= 0.6 is 11.3 Å². The maximum Gasteiger partial charge on any atom is 0.261 e. The van der Waals surface area contributed by atoms with Gasteiger partial charge in [-0.15, -0.1) is 11.3 Å². The van der Waals surface area contributed by atoms with E-state index in [-0.39, 0.29) is 37.0 Å². The first-order valence-electron chi connectivity index (χ1n) is 9.45. The van der Waals surface area contributed by atoms with Crippen LogP contribution in [0.2, 0.25) is 0 Å². The molecule has 2 heterocycles. The highest BCUT2D eigenvalue weighted by Gasteiger charge is 2.22. The molecule has 0 atom stereocenters. The lowest BCUT2D eigenvalue weighted by molar-refractivity contribution is -0.135. The van der Waals surface area contributed by atoms with Gasteiger partial charge in [0, 0.05) is 12.1 Å². The predicted molar refractivity (Wildman–Crippen MR) is 112 cm³/mol. The van der Waals surface area contributed by atoms with Crippen LogP contribution in [0.15, 0.2) is 41.8 Å². The van der Waals surface area contributed by atoms with E-state index in [2.05, 4.69) is 10.3 Å². The molecule has 0 saturated heterocycles. The molecule has 2 aromatic heterocycles. The van der Waals surface area contributed by atoms with Gasteiger partial charge in [0.1, 0.15) is 12.4 Å². The van der Waals surface area contributed by atoms with Crippen molar-refractivity contribution in [3.8, 4) is 0 Å². The topological polar surface area (TPSA) is 67.2 Å². The Morgan fingerprint density at radius 3 is 2.46 bits per heavy atom. The van der Waals surface area contributed by atoms with Gasteiger partial charge >= 0.3 is 0 Å². The lowest BCUT2D eigenvalue weighted by Crippen LogP contribution is -2.44. The molecule has 7 heteroatoms. The first-order chi connectivity index (χ1) is 13.4. The van der Waals surface area contributed by atoms with Crippen LogP contribution in [-0.4, -0.2) is 38.3 Å². The molecule has 148 valence electrons. The third-order valence-electron chi connectivity index (χ3n) is 4.58. The van der Waals surface area contributed by atoms with Gasteiger partial charge in [-0.25, -0.2) is 4.98 Å². The Hall–Kier alpha value is -2.67. The van der Waals surface area contributed by atoms with E-state index in [4.69, 9.17) is 0 Å². The van der Waals surface area contributed by atoms with E-state index in [0.29, 0.717) is 10.7 Å². The lowest BCUT2D eigenvalue weighted by Gasteiger charge is -2.31. The van der Waals surface area contributed by atoms with Crippen molar-refractivity contribution in [3.05, 3.63) is 52.5 Å². The molecular formula is C21H26N4O2S. The van der Waals surface area contributed by atoms with Crippen molar-refractivity contribution >= 4 is 34.2 Å². The summed E-state index contributed by atoms with van der Waals surface area (Å²) >= 11 is 1.40. The second-order valence-electron chi connectivity index (χ2n) is 7.25. The van der Waals surface area contributed by atoms with Crippen molar-refractivity contribution in [2.24, 2.45) is 0 Å². The lowest BCUT2D eigenvalue weighted by atomic mass is 10.2. The predicted octanol–water partition coefficient (Wildman–Crippen LogP) is 3.67. The number of carbonyl (C=O) groups is 2. The first-order valence-corrected chi connectivity index (χ1v) is 10.3. The van der Waals surface area contributed by atoms with E-state index in [1.807, 2.05) is 72.9 Å². The fourth-order valence-electron chi connectivity index (χ4n) is 3.48. The molecule has 3 aromatic rings. The molecule has 0 aliphatic rings. The van der Waals surface area contributed by atoms with Gasteiger partial charge < -0.3 is 14.8 Å². The zero-order valence-electron chi connectivity index (χ0n) is 16.7. The molecule has 28 heavy (non-hydrogen) atoms. The zero-order valence-corrected chi connectivity index (χ0v) is 17.5. The number of nitrogens with one attached hydrogen (secondary N) is 1. The number of thiophene rings is 1. The van der Waals surface area contributed by atoms with E-state index in [9.17, 15) is 9.59 Å². The van der Waals surface area contributed by atoms with Gasteiger partial charge in [0.25, 0.3) is 5.91 Å². The fraction of sp³-hybridized carbons (Fsp3) is 0.381. The second-order valence-corrected chi connectivity index (χ2v) is 8.20. The average molecular weight is 399 g/mol. The van der Waals surface area contributed by atoms with E-state index in [1.54, 1.807) is 6.07 Å². The molecule has 0 aliphatic heterocycles. The van der Waals surface area contributed by atoms with Crippen LogP contribution in [-0.2, 0) is 17.9 Å². The number of benzene rings is 1. The Bertz CT molecular complexity index is 952. The number of aromatic nitrogens is 2. The van der Waals surface area contributed by atoms with Crippen LogP contribution in [0.1, 0.15) is 43.2 Å². The summed E-state index contributed by atoms with van der Waals surface area (Å²) in [7, 11) is 0. The summed E-state index contributed by atoms with van der Waals surface area (Å²) in [5, 5.41) is 4.78. The van der Waals surface area contributed by atoms with Gasteiger partial charge in [-0.1, -0.05) is 18.2 Å². The number of hydrogen-bond acceptors (Lipinski definition) is 4. The Morgan fingerprint density at radius 1 is 1.11 bits per heavy atom. The van der Waals surface area contributed by atoms with E-state index >= 15 is 0 Å². The minimum absolute atomic E-state index is 0.0407. The standard InChI is InChI=1S/C21H26N4O2S/c1-14(2)25(15(3)4)20(26)13-24-17-9-6-5-8-16(17)23-19(24)12-22-21(27)18-10-7-11-28-18/h5-11,14-15H,12-13H2,1-4H3,(H,22,27). The number of fused-ring (bicyclic) bond motifs is 1. The zero-order chi connectivity index (χ0) is 20.3. The van der Waals surface area contributed by atoms with Crippen molar-refractivity contribution < 1.29 is 9.59 Å². The second kappa shape index (κ2) is 8.56. The molecule has 0 bridgehead atoms. The number of nitrogens with zero attached hydrogens (tertiary/aromatic N) is 3. The number of para-hydroxylation sites is 2. The van der Waals surface area contributed by atoms with Gasteiger partial charge in [0.05, 0.1) is 22.5 Å². The van der Waals surface area contributed by atoms with Crippen molar-refractivity contribution in [1.82, 2.24) is 19.8 Å². The molecule has 0 aliphatic carbocycles. The third-order valence-corrected chi connectivity index (χ3v) is 5.45. The van der Waals surface area contributed by atoms with Gasteiger partial charge in [-0.2, -0.15) is 0 Å². The van der Waals surface area contributed by atoms with Crippen LogP contribution in [0.4, 0.5) is 0 Å². The quantitative estimate of drug-likeness (QED) is 0.660. The van der Waals surface area contributed by atoms with Gasteiger partial charge in [0.15, 0.2) is 0 Å². The normalized spacial score (nSPS) is 11.4. The number of hydrogen-bond donors (Lipinski definition) is 1. The monoisotopic (exact) mass is 398 g/mol. The van der Waals surface area contributed by atoms with Crippen molar-refractivity contribution in [3.63, 3.8) is 0 Å². The van der Waals surface area contributed by atoms with Crippen molar-refractivity contribution in [2.75, 3.05) is 0 Å². The van der Waals surface area contributed by atoms with Crippen LogP contribution < -0.4 is 5.32 Å². The van der Waals surface area contributed by atoms with E-state index in [1.165, 1.54) is 11.3 Å². The first kappa shape index (κ1) is 20.1. The number of carbonyl (C=O) groups excluding carboxylic acids is 2. The highest BCUT2D eigenvalue weighted by atomic mass is 32.1. The average Bonchev–Trinajstić information content (AvgIpc) is 3.28. The summed E-state index contributed by atoms with van der Waals surface area (Å²) in [5.74, 6) is 0.580. The largest absolute Gasteiger partial charge is 0.344 e. The summed E-state index contributed by atoms with van der Waals surface area (Å²) in [4.78, 5) is 32.5. The maximum absolute atomic E-state index is 13.0. The summed E-state index contributed by atoms with van der Waals surface area (Å²) in [6.07, 6.45) is 0. The number of imidazole rings is 1. The highest BCUT2D eigenvalue weighted by Crippen LogP contribution is 2.18. The Balaban J connectivity index is 1.86. The van der Waals surface area contributed by atoms with E-state index < -0.39 is 0 Å². The SMILES string of the molecule is CC(C)N(C(=O)Cn1c(CNC(=O)c2cccs2)nc2ccccc21)C(C)C. The molecule has 2 amide bonds. The van der Waals surface area contributed by atoms with Crippen LogP contribution in [0.5, 0.6) is 0 Å². The molecule has 0 unspecified atom stereocenters. The van der Waals surface area contributed by atoms with Crippen LogP contribution in [0, 0.1) is 0 Å². The smallest absolute Gasteiger partial charge is 0.261 e.